The zero-order valence-electron chi connectivity index (χ0n) is 26.7. The van der Waals surface area contributed by atoms with Crippen LogP contribution in [0.4, 0.5) is 23.0 Å². The minimum Gasteiger partial charge on any atom is -0.478 e. The third-order valence-corrected chi connectivity index (χ3v) is 7.92. The number of esters is 1. The Balaban J connectivity index is 1.07. The molecule has 6 aromatic rings. The lowest BCUT2D eigenvalue weighted by Gasteiger charge is -2.11. The molecule has 0 spiro atoms. The van der Waals surface area contributed by atoms with Crippen molar-refractivity contribution in [2.24, 2.45) is 14.1 Å². The van der Waals surface area contributed by atoms with E-state index in [-0.39, 0.29) is 5.56 Å². The number of hydrogen-bond acceptors (Lipinski definition) is 9. The molecule has 0 bridgehead atoms. The first-order chi connectivity index (χ1) is 23.3. The second-order valence-corrected chi connectivity index (χ2v) is 11.2. The standard InChI is InChI=1S/C36H34N8O4/c1-43-33(39-31-21-37-17-16-27(31)36(47)48-3)20-30(42-43)25-14-12-23(13-15-25)8-7-11-26-18-28(35(45)46)32(22-38-26)40-34-19-29(41-44(34)2)24-9-5-4-6-10-24/h4-6,9-10,12-22,39-40H,7-8,11H2,1-3H3,(H,45,46). The number of aryl methyl sites for hydroxylation is 4. The maximum absolute atomic E-state index is 12.2. The quantitative estimate of drug-likeness (QED) is 0.128. The summed E-state index contributed by atoms with van der Waals surface area (Å²) in [6.45, 7) is 0. The van der Waals surface area contributed by atoms with Crippen LogP contribution in [0.3, 0.4) is 0 Å². The number of carbonyl (C=O) groups excluding carboxylic acids is 1. The van der Waals surface area contributed by atoms with Gasteiger partial charge in [-0.3, -0.25) is 19.3 Å². The van der Waals surface area contributed by atoms with E-state index in [9.17, 15) is 14.7 Å². The summed E-state index contributed by atoms with van der Waals surface area (Å²) < 4.78 is 8.26. The summed E-state index contributed by atoms with van der Waals surface area (Å²) in [6.07, 6.45) is 6.91. The van der Waals surface area contributed by atoms with Crippen molar-refractivity contribution in [1.82, 2.24) is 29.5 Å². The molecule has 0 aliphatic rings. The molecule has 0 atom stereocenters. The van der Waals surface area contributed by atoms with Crippen LogP contribution in [-0.4, -0.2) is 53.7 Å². The van der Waals surface area contributed by atoms with Crippen LogP contribution in [0, 0.1) is 0 Å². The smallest absolute Gasteiger partial charge is 0.340 e. The van der Waals surface area contributed by atoms with Crippen LogP contribution in [0.2, 0.25) is 0 Å². The van der Waals surface area contributed by atoms with E-state index in [1.54, 1.807) is 40.9 Å². The number of nitrogens with one attached hydrogen (secondary N) is 2. The first kappa shape index (κ1) is 31.7. The zero-order chi connectivity index (χ0) is 33.6. The van der Waals surface area contributed by atoms with Crippen LogP contribution in [0.1, 0.15) is 38.4 Å². The molecule has 0 aliphatic heterocycles. The van der Waals surface area contributed by atoms with Gasteiger partial charge in [0.1, 0.15) is 11.6 Å². The molecule has 0 unspecified atom stereocenters. The number of aromatic carboxylic acids is 1. The number of ether oxygens (including phenoxy) is 1. The van der Waals surface area contributed by atoms with Crippen LogP contribution in [-0.2, 0) is 31.7 Å². The number of nitrogens with zero attached hydrogens (tertiary/aromatic N) is 6. The van der Waals surface area contributed by atoms with Crippen LogP contribution in [0.25, 0.3) is 22.5 Å². The van der Waals surface area contributed by atoms with E-state index >= 15 is 0 Å². The molecule has 0 fully saturated rings. The average molecular weight is 643 g/mol. The third kappa shape index (κ3) is 7.07. The summed E-state index contributed by atoms with van der Waals surface area (Å²) in [5.74, 6) is -0.129. The van der Waals surface area contributed by atoms with E-state index in [0.717, 1.165) is 40.9 Å². The van der Waals surface area contributed by atoms with E-state index in [0.29, 0.717) is 40.7 Å². The van der Waals surface area contributed by atoms with Gasteiger partial charge in [-0.25, -0.2) is 9.59 Å². The highest BCUT2D eigenvalue weighted by molar-refractivity contribution is 5.96. The number of methoxy groups -OCH3 is 1. The number of anilines is 4. The number of carbonyl (C=O) groups is 2. The Bertz CT molecular complexity index is 2070. The molecule has 4 heterocycles. The maximum Gasteiger partial charge on any atom is 0.340 e. The summed E-state index contributed by atoms with van der Waals surface area (Å²) in [5.41, 5.74) is 6.80. The second kappa shape index (κ2) is 14.0. The van der Waals surface area contributed by atoms with E-state index in [1.807, 2.05) is 61.6 Å². The topological polar surface area (TPSA) is 149 Å². The molecule has 242 valence electrons. The SMILES string of the molecule is COC(=O)c1ccncc1Nc1cc(-c2ccc(CCCc3cc(C(=O)O)c(Nc4cc(-c5ccccc5)nn4C)cn3)cc2)nn1C. The molecule has 6 rings (SSSR count). The lowest BCUT2D eigenvalue weighted by Crippen LogP contribution is -2.07. The van der Waals surface area contributed by atoms with Gasteiger partial charge in [0.25, 0.3) is 0 Å². The highest BCUT2D eigenvalue weighted by Crippen LogP contribution is 2.28. The number of pyridine rings is 2. The van der Waals surface area contributed by atoms with E-state index in [4.69, 9.17) is 4.74 Å². The third-order valence-electron chi connectivity index (χ3n) is 7.92. The number of carboxylic acids is 1. The first-order valence-corrected chi connectivity index (χ1v) is 15.3. The summed E-state index contributed by atoms with van der Waals surface area (Å²) >= 11 is 0. The molecule has 0 radical (unpaired) electrons. The second-order valence-electron chi connectivity index (χ2n) is 11.2. The molecular weight excluding hydrogens is 608 g/mol. The summed E-state index contributed by atoms with van der Waals surface area (Å²) in [5, 5.41) is 25.6. The number of rotatable bonds is 12. The van der Waals surface area contributed by atoms with Gasteiger partial charge in [-0.15, -0.1) is 0 Å². The van der Waals surface area contributed by atoms with Crippen molar-refractivity contribution in [3.63, 3.8) is 0 Å². The molecule has 12 nitrogen and oxygen atoms in total. The summed E-state index contributed by atoms with van der Waals surface area (Å²) in [6, 6.07) is 25.0. The Morgan fingerprint density at radius 1 is 0.771 bits per heavy atom. The normalized spacial score (nSPS) is 10.9. The first-order valence-electron chi connectivity index (χ1n) is 15.3. The van der Waals surface area contributed by atoms with Crippen molar-refractivity contribution in [3.05, 3.63) is 120 Å². The van der Waals surface area contributed by atoms with Crippen LogP contribution in [0.5, 0.6) is 0 Å². The van der Waals surface area contributed by atoms with Gasteiger partial charge in [-0.1, -0.05) is 54.6 Å². The zero-order valence-corrected chi connectivity index (χ0v) is 26.7. The summed E-state index contributed by atoms with van der Waals surface area (Å²) in [4.78, 5) is 33.0. The fourth-order valence-electron chi connectivity index (χ4n) is 5.35. The minimum absolute atomic E-state index is 0.154. The highest BCUT2D eigenvalue weighted by atomic mass is 16.5. The Labute approximate surface area is 277 Å². The van der Waals surface area contributed by atoms with E-state index < -0.39 is 11.9 Å². The fraction of sp³-hybridized carbons (Fsp3) is 0.167. The van der Waals surface area contributed by atoms with Gasteiger partial charge < -0.3 is 20.5 Å². The molecule has 48 heavy (non-hydrogen) atoms. The van der Waals surface area contributed by atoms with Crippen LogP contribution < -0.4 is 10.6 Å². The van der Waals surface area contributed by atoms with Gasteiger partial charge in [0.15, 0.2) is 0 Å². The van der Waals surface area contributed by atoms with Crippen molar-refractivity contribution >= 4 is 34.9 Å². The van der Waals surface area contributed by atoms with Gasteiger partial charge in [0.2, 0.25) is 0 Å². The maximum atomic E-state index is 12.2. The number of hydrogen-bond donors (Lipinski definition) is 3. The molecule has 3 N–H and O–H groups in total. The average Bonchev–Trinajstić information content (AvgIpc) is 3.66. The van der Waals surface area contributed by atoms with Crippen molar-refractivity contribution < 1.29 is 19.4 Å². The van der Waals surface area contributed by atoms with Gasteiger partial charge in [0.05, 0.1) is 53.4 Å². The number of carboxylic acid groups (broad SMARTS) is 1. The Morgan fingerprint density at radius 2 is 1.40 bits per heavy atom. The predicted octanol–water partition coefficient (Wildman–Crippen LogP) is 6.42. The van der Waals surface area contributed by atoms with Gasteiger partial charge in [0, 0.05) is 49.2 Å². The molecule has 0 aliphatic carbocycles. The van der Waals surface area contributed by atoms with E-state index in [2.05, 4.69) is 42.9 Å². The molecule has 0 saturated carbocycles. The fourth-order valence-corrected chi connectivity index (χ4v) is 5.35. The highest BCUT2D eigenvalue weighted by Gasteiger charge is 2.16. The Kier molecular flexibility index (Phi) is 9.24. The Morgan fingerprint density at radius 3 is 2.02 bits per heavy atom. The molecular formula is C36H34N8O4. The molecule has 0 saturated heterocycles. The van der Waals surface area contributed by atoms with Gasteiger partial charge in [-0.2, -0.15) is 10.2 Å². The van der Waals surface area contributed by atoms with Crippen molar-refractivity contribution in [2.45, 2.75) is 19.3 Å². The van der Waals surface area contributed by atoms with Crippen LogP contribution >= 0.6 is 0 Å². The number of aromatic nitrogens is 6. The minimum atomic E-state index is -1.03. The van der Waals surface area contributed by atoms with E-state index in [1.165, 1.54) is 13.3 Å². The van der Waals surface area contributed by atoms with Crippen molar-refractivity contribution in [3.8, 4) is 22.5 Å². The number of benzene rings is 2. The van der Waals surface area contributed by atoms with Crippen molar-refractivity contribution in [2.75, 3.05) is 17.7 Å². The van der Waals surface area contributed by atoms with Gasteiger partial charge >= 0.3 is 11.9 Å². The molecule has 12 heteroatoms. The largest absolute Gasteiger partial charge is 0.478 e. The lowest BCUT2D eigenvalue weighted by molar-refractivity contribution is 0.0600. The predicted molar refractivity (Wildman–Crippen MR) is 183 cm³/mol. The molecule has 4 aromatic heterocycles. The monoisotopic (exact) mass is 642 g/mol. The lowest BCUT2D eigenvalue weighted by atomic mass is 10.0. The Hall–Kier alpha value is -6.30. The van der Waals surface area contributed by atoms with Gasteiger partial charge in [-0.05, 0) is 37.0 Å². The van der Waals surface area contributed by atoms with Crippen LogP contribution in [0.15, 0.2) is 97.5 Å². The molecule has 0 amide bonds. The molecule has 2 aromatic carbocycles. The van der Waals surface area contributed by atoms with Crippen molar-refractivity contribution in [1.29, 1.82) is 0 Å². The summed E-state index contributed by atoms with van der Waals surface area (Å²) in [7, 11) is 4.97.